The fourth-order valence-corrected chi connectivity index (χ4v) is 4.07. The van der Waals surface area contributed by atoms with Gasteiger partial charge in [-0.15, -0.1) is 0 Å². The molecule has 0 aromatic heterocycles. The van der Waals surface area contributed by atoms with Crippen LogP contribution in [0, 0.1) is 23.7 Å². The molecule has 0 N–H and O–H groups in total. The second kappa shape index (κ2) is 8.73. The predicted molar refractivity (Wildman–Crippen MR) is 118 cm³/mol. The zero-order chi connectivity index (χ0) is 20.1. The molecule has 0 saturated carbocycles. The molecule has 2 aromatic carbocycles. The van der Waals surface area contributed by atoms with Crippen molar-refractivity contribution in [1.82, 2.24) is 0 Å². The number of allylic oxidation sites excluding steroid dienone is 4. The SMILES string of the molecule is CC(C)C1=CC=CC(C(=O)CC(c2ccccc2)c2ccccc2)(C(C)C)[CH]1. The normalized spacial score (nSPS) is 19.3. The lowest BCUT2D eigenvalue weighted by atomic mass is 9.64. The third kappa shape index (κ3) is 4.19. The molecule has 0 fully saturated rings. The summed E-state index contributed by atoms with van der Waals surface area (Å²) < 4.78 is 0. The first-order valence-electron chi connectivity index (χ1n) is 10.3. The number of ketones is 1. The van der Waals surface area contributed by atoms with E-state index in [2.05, 4.69) is 101 Å². The fraction of sp³-hybridized carbons (Fsp3) is 0.333. The van der Waals surface area contributed by atoms with Crippen LogP contribution in [0.5, 0.6) is 0 Å². The van der Waals surface area contributed by atoms with Gasteiger partial charge in [0, 0.05) is 18.8 Å². The van der Waals surface area contributed by atoms with E-state index in [1.807, 2.05) is 12.1 Å². The Hall–Kier alpha value is -2.41. The van der Waals surface area contributed by atoms with Crippen molar-refractivity contribution >= 4 is 5.78 Å². The lowest BCUT2D eigenvalue weighted by Gasteiger charge is -2.38. The Morgan fingerprint density at radius 3 is 1.86 bits per heavy atom. The molecule has 1 unspecified atom stereocenters. The lowest BCUT2D eigenvalue weighted by molar-refractivity contribution is -0.126. The Bertz CT molecular complexity index is 803. The molecule has 28 heavy (non-hydrogen) atoms. The van der Waals surface area contributed by atoms with E-state index in [0.717, 1.165) is 0 Å². The lowest BCUT2D eigenvalue weighted by Crippen LogP contribution is -2.38. The minimum absolute atomic E-state index is 0.0701. The molecule has 1 nitrogen and oxygen atoms in total. The highest BCUT2D eigenvalue weighted by Gasteiger charge is 2.42. The second-order valence-corrected chi connectivity index (χ2v) is 8.41. The van der Waals surface area contributed by atoms with Crippen molar-refractivity contribution in [2.45, 2.75) is 40.0 Å². The minimum atomic E-state index is -0.532. The standard InChI is InChI=1S/C27H31O/c1-20(2)24-16-11-17-27(19-24,21(3)4)26(28)18-25(22-12-7-5-8-13-22)23-14-9-6-10-15-23/h5-17,19-21,25H,18H2,1-4H3. The average molecular weight is 372 g/mol. The Balaban J connectivity index is 1.95. The van der Waals surface area contributed by atoms with Gasteiger partial charge < -0.3 is 0 Å². The van der Waals surface area contributed by atoms with E-state index >= 15 is 0 Å². The molecule has 0 amide bonds. The van der Waals surface area contributed by atoms with Crippen LogP contribution in [-0.4, -0.2) is 5.78 Å². The van der Waals surface area contributed by atoms with Crippen molar-refractivity contribution in [3.63, 3.8) is 0 Å². The van der Waals surface area contributed by atoms with Gasteiger partial charge >= 0.3 is 0 Å². The zero-order valence-corrected chi connectivity index (χ0v) is 17.4. The van der Waals surface area contributed by atoms with Crippen LogP contribution in [0.25, 0.3) is 0 Å². The summed E-state index contributed by atoms with van der Waals surface area (Å²) in [6.07, 6.45) is 9.05. The summed E-state index contributed by atoms with van der Waals surface area (Å²) in [7, 11) is 0. The maximum atomic E-state index is 13.8. The van der Waals surface area contributed by atoms with Gasteiger partial charge in [0.1, 0.15) is 5.78 Å². The first-order valence-corrected chi connectivity index (χ1v) is 10.3. The van der Waals surface area contributed by atoms with Crippen molar-refractivity contribution in [2.75, 3.05) is 0 Å². The third-order valence-electron chi connectivity index (χ3n) is 5.96. The summed E-state index contributed by atoms with van der Waals surface area (Å²) in [6, 6.07) is 20.8. The minimum Gasteiger partial charge on any atom is -0.299 e. The van der Waals surface area contributed by atoms with Gasteiger partial charge in [0.2, 0.25) is 0 Å². The number of hydrogen-bond donors (Lipinski definition) is 0. The average Bonchev–Trinajstić information content (AvgIpc) is 2.73. The van der Waals surface area contributed by atoms with Crippen molar-refractivity contribution in [2.24, 2.45) is 17.3 Å². The Morgan fingerprint density at radius 2 is 1.39 bits per heavy atom. The van der Waals surface area contributed by atoms with E-state index in [4.69, 9.17) is 0 Å². The first-order chi connectivity index (χ1) is 13.4. The first kappa shape index (κ1) is 20.3. The Labute approximate surface area is 170 Å². The van der Waals surface area contributed by atoms with Gasteiger partial charge in [-0.1, -0.05) is 112 Å². The predicted octanol–water partition coefficient (Wildman–Crippen LogP) is 6.78. The summed E-state index contributed by atoms with van der Waals surface area (Å²) in [6.45, 7) is 8.69. The summed E-state index contributed by atoms with van der Waals surface area (Å²) in [5, 5.41) is 0. The highest BCUT2D eigenvalue weighted by molar-refractivity contribution is 5.90. The van der Waals surface area contributed by atoms with Gasteiger partial charge in [-0.25, -0.2) is 0 Å². The van der Waals surface area contributed by atoms with Crippen molar-refractivity contribution in [3.8, 4) is 0 Å². The van der Waals surface area contributed by atoms with Crippen LogP contribution in [0.3, 0.4) is 0 Å². The molecule has 1 aliphatic carbocycles. The number of Topliss-reactive ketones (excluding diaryl/α,β-unsaturated/α-hetero) is 1. The van der Waals surface area contributed by atoms with E-state index in [9.17, 15) is 4.79 Å². The largest absolute Gasteiger partial charge is 0.299 e. The van der Waals surface area contributed by atoms with Crippen molar-refractivity contribution in [1.29, 1.82) is 0 Å². The zero-order valence-electron chi connectivity index (χ0n) is 17.4. The van der Waals surface area contributed by atoms with Crippen LogP contribution in [0.4, 0.5) is 0 Å². The maximum absolute atomic E-state index is 13.8. The van der Waals surface area contributed by atoms with Crippen LogP contribution >= 0.6 is 0 Å². The number of rotatable bonds is 7. The molecule has 1 atom stereocenters. The van der Waals surface area contributed by atoms with Gasteiger partial charge in [0.05, 0.1) is 5.41 Å². The molecule has 0 saturated heterocycles. The maximum Gasteiger partial charge on any atom is 0.144 e. The molecule has 0 spiro atoms. The molecule has 0 heterocycles. The molecular weight excluding hydrogens is 340 g/mol. The Kier molecular flexibility index (Phi) is 6.34. The monoisotopic (exact) mass is 371 g/mol. The number of hydrogen-bond acceptors (Lipinski definition) is 1. The quantitative estimate of drug-likeness (QED) is 0.524. The van der Waals surface area contributed by atoms with Crippen LogP contribution < -0.4 is 0 Å². The summed E-state index contributed by atoms with van der Waals surface area (Å²) in [4.78, 5) is 13.8. The number of carbonyl (C=O) groups is 1. The second-order valence-electron chi connectivity index (χ2n) is 8.41. The van der Waals surface area contributed by atoms with E-state index in [1.165, 1.54) is 16.7 Å². The molecule has 145 valence electrons. The molecule has 1 heteroatoms. The van der Waals surface area contributed by atoms with Gasteiger partial charge in [-0.2, -0.15) is 0 Å². The van der Waals surface area contributed by atoms with Crippen LogP contribution in [0.1, 0.15) is 51.2 Å². The van der Waals surface area contributed by atoms with Gasteiger partial charge in [0.15, 0.2) is 0 Å². The van der Waals surface area contributed by atoms with E-state index in [0.29, 0.717) is 18.1 Å². The smallest absolute Gasteiger partial charge is 0.144 e. The van der Waals surface area contributed by atoms with E-state index < -0.39 is 5.41 Å². The van der Waals surface area contributed by atoms with Gasteiger partial charge in [-0.05, 0) is 23.0 Å². The van der Waals surface area contributed by atoms with Crippen molar-refractivity contribution < 1.29 is 4.79 Å². The van der Waals surface area contributed by atoms with Gasteiger partial charge in [-0.3, -0.25) is 4.79 Å². The summed E-state index contributed by atoms with van der Waals surface area (Å²) in [5.41, 5.74) is 3.11. The molecule has 0 bridgehead atoms. The van der Waals surface area contributed by atoms with E-state index in [-0.39, 0.29) is 11.8 Å². The number of carbonyl (C=O) groups excluding carboxylic acids is 1. The van der Waals surface area contributed by atoms with Gasteiger partial charge in [0.25, 0.3) is 0 Å². The van der Waals surface area contributed by atoms with Crippen LogP contribution in [-0.2, 0) is 4.79 Å². The number of benzene rings is 2. The Morgan fingerprint density at radius 1 is 0.857 bits per heavy atom. The molecule has 2 aromatic rings. The van der Waals surface area contributed by atoms with E-state index in [1.54, 1.807) is 0 Å². The highest BCUT2D eigenvalue weighted by Crippen LogP contribution is 2.43. The molecule has 1 aliphatic rings. The van der Waals surface area contributed by atoms with Crippen LogP contribution in [0.2, 0.25) is 0 Å². The molecule has 1 radical (unpaired) electrons. The molecule has 0 aliphatic heterocycles. The highest BCUT2D eigenvalue weighted by atomic mass is 16.1. The summed E-state index contributed by atoms with van der Waals surface area (Å²) >= 11 is 0. The molecular formula is C27H31O. The third-order valence-corrected chi connectivity index (χ3v) is 5.96. The summed E-state index contributed by atoms with van der Waals surface area (Å²) in [5.74, 6) is 0.990. The topological polar surface area (TPSA) is 17.1 Å². The fourth-order valence-electron chi connectivity index (χ4n) is 4.07. The van der Waals surface area contributed by atoms with Crippen molar-refractivity contribution in [3.05, 3.63) is 102 Å². The molecule has 3 rings (SSSR count). The van der Waals surface area contributed by atoms with Crippen LogP contribution in [0.15, 0.2) is 84.5 Å².